The molecule has 0 amide bonds. The molecule has 0 fully saturated rings. The van der Waals surface area contributed by atoms with Crippen molar-refractivity contribution in [2.24, 2.45) is 5.92 Å². The van der Waals surface area contributed by atoms with Gasteiger partial charge in [-0.1, -0.05) is 17.7 Å². The van der Waals surface area contributed by atoms with E-state index in [9.17, 15) is 9.59 Å². The van der Waals surface area contributed by atoms with Gasteiger partial charge in [0.2, 0.25) is 0 Å². The van der Waals surface area contributed by atoms with E-state index in [2.05, 4.69) is 4.74 Å². The lowest BCUT2D eigenvalue weighted by Crippen LogP contribution is -2.21. The molecule has 1 atom stereocenters. The normalized spacial score (nSPS) is 18.8. The van der Waals surface area contributed by atoms with Crippen LogP contribution < -0.4 is 0 Å². The van der Waals surface area contributed by atoms with Crippen LogP contribution in [0.1, 0.15) is 21.5 Å². The molecule has 0 spiro atoms. The van der Waals surface area contributed by atoms with Gasteiger partial charge < -0.3 is 4.74 Å². The summed E-state index contributed by atoms with van der Waals surface area (Å²) in [6, 6.07) is 5.69. The maximum atomic E-state index is 11.8. The van der Waals surface area contributed by atoms with Crippen molar-refractivity contribution in [2.75, 3.05) is 7.11 Å². The maximum absolute atomic E-state index is 11.8. The fourth-order valence-electron chi connectivity index (χ4n) is 1.93. The second kappa shape index (κ2) is 3.50. The number of methoxy groups -OCH3 is 1. The van der Waals surface area contributed by atoms with Crippen molar-refractivity contribution in [3.63, 3.8) is 0 Å². The molecule has 1 aromatic rings. The van der Waals surface area contributed by atoms with E-state index in [1.807, 2.05) is 25.1 Å². The molecule has 3 heteroatoms. The Morgan fingerprint density at radius 1 is 1.47 bits per heavy atom. The Morgan fingerprint density at radius 2 is 2.20 bits per heavy atom. The largest absolute Gasteiger partial charge is 0.468 e. The molecule has 0 aromatic heterocycles. The van der Waals surface area contributed by atoms with E-state index < -0.39 is 11.9 Å². The summed E-state index contributed by atoms with van der Waals surface area (Å²) in [5.41, 5.74) is 2.65. The first-order valence-corrected chi connectivity index (χ1v) is 4.85. The minimum absolute atomic E-state index is 0.111. The van der Waals surface area contributed by atoms with Gasteiger partial charge in [-0.2, -0.15) is 0 Å². The van der Waals surface area contributed by atoms with E-state index >= 15 is 0 Å². The molecule has 0 aliphatic heterocycles. The average Bonchev–Trinajstić information content (AvgIpc) is 2.55. The lowest BCUT2D eigenvalue weighted by atomic mass is 10.1. The van der Waals surface area contributed by atoms with Crippen LogP contribution in [0.25, 0.3) is 0 Å². The highest BCUT2D eigenvalue weighted by Crippen LogP contribution is 2.28. The van der Waals surface area contributed by atoms with Crippen LogP contribution in [-0.2, 0) is 16.0 Å². The number of Topliss-reactive ketones (excluding diaryl/α,β-unsaturated/α-hetero) is 1. The molecule has 1 aliphatic rings. The van der Waals surface area contributed by atoms with Crippen LogP contribution in [0, 0.1) is 12.8 Å². The van der Waals surface area contributed by atoms with Gasteiger partial charge in [-0.3, -0.25) is 9.59 Å². The van der Waals surface area contributed by atoms with Crippen molar-refractivity contribution in [3.05, 3.63) is 34.9 Å². The summed E-state index contributed by atoms with van der Waals surface area (Å²) in [5.74, 6) is -1.18. The maximum Gasteiger partial charge on any atom is 0.316 e. The van der Waals surface area contributed by atoms with Gasteiger partial charge in [0, 0.05) is 5.56 Å². The Morgan fingerprint density at radius 3 is 2.87 bits per heavy atom. The summed E-state index contributed by atoms with van der Waals surface area (Å²) >= 11 is 0. The van der Waals surface area contributed by atoms with E-state index in [0.717, 1.165) is 11.1 Å². The summed E-state index contributed by atoms with van der Waals surface area (Å²) in [5, 5.41) is 0. The van der Waals surface area contributed by atoms with Gasteiger partial charge in [-0.25, -0.2) is 0 Å². The lowest BCUT2D eigenvalue weighted by molar-refractivity contribution is -0.143. The molecule has 0 unspecified atom stereocenters. The van der Waals surface area contributed by atoms with Crippen LogP contribution in [0.15, 0.2) is 18.2 Å². The van der Waals surface area contributed by atoms with Crippen LogP contribution in [0.4, 0.5) is 0 Å². The Balaban J connectivity index is 2.38. The predicted octanol–water partition coefficient (Wildman–Crippen LogP) is 1.52. The number of rotatable bonds is 1. The van der Waals surface area contributed by atoms with E-state index in [0.29, 0.717) is 12.0 Å². The number of ether oxygens (including phenoxy) is 1. The summed E-state index contributed by atoms with van der Waals surface area (Å²) in [4.78, 5) is 23.2. The zero-order chi connectivity index (χ0) is 11.0. The molecule has 0 saturated heterocycles. The van der Waals surface area contributed by atoms with Gasteiger partial charge in [-0.15, -0.1) is 0 Å². The van der Waals surface area contributed by atoms with Crippen molar-refractivity contribution in [1.29, 1.82) is 0 Å². The van der Waals surface area contributed by atoms with Gasteiger partial charge in [0.1, 0.15) is 5.92 Å². The highest BCUT2D eigenvalue weighted by Gasteiger charge is 2.36. The van der Waals surface area contributed by atoms with Crippen molar-refractivity contribution in [2.45, 2.75) is 13.3 Å². The highest BCUT2D eigenvalue weighted by molar-refractivity contribution is 6.12. The molecule has 0 saturated carbocycles. The third-order valence-corrected chi connectivity index (χ3v) is 2.76. The minimum atomic E-state index is -0.633. The summed E-state index contributed by atoms with van der Waals surface area (Å²) in [7, 11) is 1.31. The second-order valence-corrected chi connectivity index (χ2v) is 3.80. The minimum Gasteiger partial charge on any atom is -0.468 e. The summed E-state index contributed by atoms with van der Waals surface area (Å²) in [6.45, 7) is 1.93. The third-order valence-electron chi connectivity index (χ3n) is 2.76. The van der Waals surface area contributed by atoms with Crippen LogP contribution in [-0.4, -0.2) is 18.9 Å². The van der Waals surface area contributed by atoms with Crippen LogP contribution in [0.5, 0.6) is 0 Å². The fraction of sp³-hybridized carbons (Fsp3) is 0.333. The molecule has 0 radical (unpaired) electrons. The number of hydrogen-bond donors (Lipinski definition) is 0. The van der Waals surface area contributed by atoms with E-state index in [1.54, 1.807) is 0 Å². The van der Waals surface area contributed by atoms with Gasteiger partial charge in [-0.05, 0) is 25.0 Å². The standard InChI is InChI=1S/C12H12O3/c1-7-3-4-8-6-10(12(14)15-2)11(13)9(8)5-7/h3-5,10H,6H2,1-2H3/t10-/m1/s1. The molecule has 0 bridgehead atoms. The number of ketones is 1. The molecule has 0 heterocycles. The van der Waals surface area contributed by atoms with Crippen LogP contribution >= 0.6 is 0 Å². The smallest absolute Gasteiger partial charge is 0.316 e. The van der Waals surface area contributed by atoms with Crippen molar-refractivity contribution >= 4 is 11.8 Å². The number of aryl methyl sites for hydroxylation is 1. The number of benzene rings is 1. The molecule has 78 valence electrons. The molecule has 3 nitrogen and oxygen atoms in total. The van der Waals surface area contributed by atoms with Crippen molar-refractivity contribution in [3.8, 4) is 0 Å². The lowest BCUT2D eigenvalue weighted by Gasteiger charge is -2.03. The van der Waals surface area contributed by atoms with Gasteiger partial charge in [0.15, 0.2) is 5.78 Å². The van der Waals surface area contributed by atoms with Gasteiger partial charge >= 0.3 is 5.97 Å². The number of hydrogen-bond acceptors (Lipinski definition) is 3. The Labute approximate surface area is 88.1 Å². The Bertz CT molecular complexity index is 434. The molecule has 2 rings (SSSR count). The monoisotopic (exact) mass is 204 g/mol. The highest BCUT2D eigenvalue weighted by atomic mass is 16.5. The Hall–Kier alpha value is -1.64. The number of fused-ring (bicyclic) bond motifs is 1. The van der Waals surface area contributed by atoms with Crippen molar-refractivity contribution < 1.29 is 14.3 Å². The molecular weight excluding hydrogens is 192 g/mol. The zero-order valence-electron chi connectivity index (χ0n) is 8.74. The predicted molar refractivity (Wildman–Crippen MR) is 54.7 cm³/mol. The third kappa shape index (κ3) is 1.54. The van der Waals surface area contributed by atoms with Gasteiger partial charge in [0.25, 0.3) is 0 Å². The topological polar surface area (TPSA) is 43.4 Å². The van der Waals surface area contributed by atoms with Crippen molar-refractivity contribution in [1.82, 2.24) is 0 Å². The first-order valence-electron chi connectivity index (χ1n) is 4.85. The zero-order valence-corrected chi connectivity index (χ0v) is 8.74. The van der Waals surface area contributed by atoms with Crippen LogP contribution in [0.3, 0.4) is 0 Å². The molecular formula is C12H12O3. The van der Waals surface area contributed by atoms with E-state index in [-0.39, 0.29) is 5.78 Å². The van der Waals surface area contributed by atoms with Gasteiger partial charge in [0.05, 0.1) is 7.11 Å². The first-order chi connectivity index (χ1) is 7.13. The number of carbonyl (C=O) groups is 2. The molecule has 1 aromatic carbocycles. The van der Waals surface area contributed by atoms with E-state index in [4.69, 9.17) is 0 Å². The summed E-state index contributed by atoms with van der Waals surface area (Å²) in [6.07, 6.45) is 0.473. The van der Waals surface area contributed by atoms with E-state index in [1.165, 1.54) is 7.11 Å². The summed E-state index contributed by atoms with van der Waals surface area (Å²) < 4.78 is 4.61. The Kier molecular flexibility index (Phi) is 2.31. The second-order valence-electron chi connectivity index (χ2n) is 3.80. The SMILES string of the molecule is COC(=O)[C@@H]1Cc2ccc(C)cc2C1=O. The van der Waals surface area contributed by atoms with Crippen LogP contribution in [0.2, 0.25) is 0 Å². The molecule has 15 heavy (non-hydrogen) atoms. The fourth-order valence-corrected chi connectivity index (χ4v) is 1.93. The number of esters is 1. The first kappa shape index (κ1) is 9.90. The number of carbonyl (C=O) groups excluding carboxylic acids is 2. The molecule has 1 aliphatic carbocycles. The average molecular weight is 204 g/mol. The molecule has 0 N–H and O–H groups in total. The quantitative estimate of drug-likeness (QED) is 0.514.